The molecule has 53 heavy (non-hydrogen) atoms. The van der Waals surface area contributed by atoms with Gasteiger partial charge in [-0.2, -0.15) is 0 Å². The number of ether oxygens (including phenoxy) is 3. The third kappa shape index (κ3) is 14.6. The van der Waals surface area contributed by atoms with Gasteiger partial charge in [0.15, 0.2) is 17.3 Å². The molecule has 0 aromatic heterocycles. The summed E-state index contributed by atoms with van der Waals surface area (Å²) in [7, 11) is 0. The van der Waals surface area contributed by atoms with E-state index in [1.54, 1.807) is 20.8 Å². The molecule has 0 saturated carbocycles. The van der Waals surface area contributed by atoms with Gasteiger partial charge >= 0.3 is 0 Å². The van der Waals surface area contributed by atoms with E-state index in [0.29, 0.717) is 46.8 Å². The molecule has 3 unspecified atom stereocenters. The summed E-state index contributed by atoms with van der Waals surface area (Å²) < 4.78 is 18.5. The van der Waals surface area contributed by atoms with E-state index in [1.807, 2.05) is 66.7 Å². The van der Waals surface area contributed by atoms with Crippen LogP contribution in [0.2, 0.25) is 0 Å². The molecule has 3 rings (SSSR count). The number of carbonyl (C=O) groups excluding carboxylic acids is 3. The van der Waals surface area contributed by atoms with Gasteiger partial charge in [0, 0.05) is 32.1 Å². The second-order valence-electron chi connectivity index (χ2n) is 13.6. The maximum Gasteiger partial charge on any atom is 0.158 e. The quantitative estimate of drug-likeness (QED) is 0.0799. The van der Waals surface area contributed by atoms with Crippen molar-refractivity contribution in [2.45, 2.75) is 90.4 Å². The largest absolute Gasteiger partial charge is 0.491 e. The Morgan fingerprint density at radius 1 is 0.509 bits per heavy atom. The van der Waals surface area contributed by atoms with Crippen LogP contribution in [0, 0.1) is 0 Å². The first-order valence-corrected chi connectivity index (χ1v) is 18.0. The second kappa shape index (κ2) is 21.6. The van der Waals surface area contributed by atoms with E-state index in [4.69, 9.17) is 14.2 Å². The summed E-state index contributed by atoms with van der Waals surface area (Å²) in [5.41, 5.74) is 4.68. The number of aliphatic hydroxyl groups is 3. The van der Waals surface area contributed by atoms with E-state index in [9.17, 15) is 29.7 Å². The number of carbonyl (C=O) groups is 3. The molecule has 3 aromatic carbocycles. The Labute approximate surface area is 313 Å². The van der Waals surface area contributed by atoms with Crippen LogP contribution in [0.1, 0.15) is 81.5 Å². The zero-order valence-electron chi connectivity index (χ0n) is 31.3. The predicted molar refractivity (Wildman–Crippen MR) is 207 cm³/mol. The fraction of sp³-hybridized carbons (Fsp3) is 0.386. The lowest BCUT2D eigenvalue weighted by Gasteiger charge is -2.21. The number of rotatable bonds is 25. The molecule has 0 bridgehead atoms. The van der Waals surface area contributed by atoms with Crippen molar-refractivity contribution in [3.63, 3.8) is 0 Å². The Kier molecular flexibility index (Phi) is 17.4. The van der Waals surface area contributed by atoms with E-state index in [-0.39, 0.29) is 75.7 Å². The van der Waals surface area contributed by atoms with Gasteiger partial charge in [0.2, 0.25) is 0 Å². The molecule has 3 aromatic rings. The van der Waals surface area contributed by atoms with Gasteiger partial charge in [-0.3, -0.25) is 14.4 Å². The molecular formula is C44H54O9. The van der Waals surface area contributed by atoms with Crippen LogP contribution in [0.4, 0.5) is 0 Å². The number of ketones is 3. The van der Waals surface area contributed by atoms with Crippen LogP contribution in [0.25, 0.3) is 0 Å². The SMILES string of the molecule is C=C(C)C(=O)CCC(O)COc1ccccc1Cc1cccc(Cc2ccccc2OCC(O)CCC(=O)C(=C)C)c1OCC(O)CCC(=O)C(=C)C. The van der Waals surface area contributed by atoms with Gasteiger partial charge < -0.3 is 29.5 Å². The summed E-state index contributed by atoms with van der Waals surface area (Å²) in [6, 6.07) is 20.8. The molecule has 0 spiro atoms. The minimum Gasteiger partial charge on any atom is -0.491 e. The van der Waals surface area contributed by atoms with Crippen molar-refractivity contribution in [2.24, 2.45) is 0 Å². The Morgan fingerprint density at radius 3 is 1.19 bits per heavy atom. The number of benzene rings is 3. The van der Waals surface area contributed by atoms with Crippen LogP contribution >= 0.6 is 0 Å². The maximum absolute atomic E-state index is 12.1. The third-order valence-electron chi connectivity index (χ3n) is 8.71. The highest BCUT2D eigenvalue weighted by atomic mass is 16.5. The lowest BCUT2D eigenvalue weighted by Crippen LogP contribution is -2.20. The minimum atomic E-state index is -0.901. The number of allylic oxidation sites excluding steroid dienone is 3. The fourth-order valence-electron chi connectivity index (χ4n) is 5.43. The molecule has 3 N–H and O–H groups in total. The van der Waals surface area contributed by atoms with E-state index < -0.39 is 18.3 Å². The molecule has 3 atom stereocenters. The Bertz CT molecular complexity index is 1640. The highest BCUT2D eigenvalue weighted by molar-refractivity contribution is 5.94. The maximum atomic E-state index is 12.1. The van der Waals surface area contributed by atoms with Crippen LogP contribution < -0.4 is 14.2 Å². The van der Waals surface area contributed by atoms with Gasteiger partial charge in [-0.05, 0) is 91.1 Å². The van der Waals surface area contributed by atoms with Crippen LogP contribution in [0.15, 0.2) is 103 Å². The molecule has 0 aliphatic carbocycles. The van der Waals surface area contributed by atoms with Crippen molar-refractivity contribution < 1.29 is 43.9 Å². The van der Waals surface area contributed by atoms with Gasteiger partial charge in [0.1, 0.15) is 37.1 Å². The highest BCUT2D eigenvalue weighted by Gasteiger charge is 2.19. The number of hydrogen-bond acceptors (Lipinski definition) is 9. The zero-order chi connectivity index (χ0) is 38.9. The number of Topliss-reactive ketones (excluding diaryl/α,β-unsaturated/α-hetero) is 3. The van der Waals surface area contributed by atoms with Gasteiger partial charge in [0.05, 0.1) is 18.3 Å². The zero-order valence-corrected chi connectivity index (χ0v) is 31.3. The average Bonchev–Trinajstić information content (AvgIpc) is 3.13. The molecule has 0 aliphatic heterocycles. The van der Waals surface area contributed by atoms with Crippen molar-refractivity contribution in [1.29, 1.82) is 0 Å². The summed E-state index contributed by atoms with van der Waals surface area (Å²) in [5.74, 6) is 1.42. The summed E-state index contributed by atoms with van der Waals surface area (Å²) in [4.78, 5) is 36.0. The van der Waals surface area contributed by atoms with Crippen molar-refractivity contribution in [3.8, 4) is 17.2 Å². The average molecular weight is 727 g/mol. The standard InChI is InChI=1S/C44H54O9/c1-29(2)39(48)21-18-36(45)26-51-42-16-9-7-12-32(42)24-34-14-11-15-35(44(34)53-28-38(47)20-23-41(50)31(5)6)25-33-13-8-10-17-43(33)52-27-37(46)19-22-40(49)30(3)4/h7-17,36-38,45-47H,1,3,5,18-28H2,2,4,6H3. The Balaban J connectivity index is 1.85. The van der Waals surface area contributed by atoms with Crippen LogP contribution in [-0.4, -0.2) is 70.8 Å². The molecule has 0 radical (unpaired) electrons. The van der Waals surface area contributed by atoms with E-state index in [0.717, 1.165) is 22.3 Å². The molecule has 9 heteroatoms. The fourth-order valence-corrected chi connectivity index (χ4v) is 5.43. The Hall–Kier alpha value is -4.83. The van der Waals surface area contributed by atoms with E-state index in [2.05, 4.69) is 19.7 Å². The van der Waals surface area contributed by atoms with E-state index in [1.165, 1.54) is 0 Å². The number of para-hydroxylation sites is 3. The smallest absolute Gasteiger partial charge is 0.158 e. The molecule has 0 heterocycles. The monoisotopic (exact) mass is 726 g/mol. The van der Waals surface area contributed by atoms with Crippen molar-refractivity contribution >= 4 is 17.3 Å². The van der Waals surface area contributed by atoms with Crippen LogP contribution in [0.3, 0.4) is 0 Å². The van der Waals surface area contributed by atoms with Crippen molar-refractivity contribution in [2.75, 3.05) is 19.8 Å². The first-order chi connectivity index (χ1) is 25.2. The summed E-state index contributed by atoms with van der Waals surface area (Å²) in [6.07, 6.45) is -0.505. The summed E-state index contributed by atoms with van der Waals surface area (Å²) in [6.45, 7) is 15.9. The Morgan fingerprint density at radius 2 is 0.830 bits per heavy atom. The topological polar surface area (TPSA) is 140 Å². The molecule has 9 nitrogen and oxygen atoms in total. The lowest BCUT2D eigenvalue weighted by molar-refractivity contribution is -0.116. The third-order valence-corrected chi connectivity index (χ3v) is 8.71. The predicted octanol–water partition coefficient (Wildman–Crippen LogP) is 6.86. The number of hydrogen-bond donors (Lipinski definition) is 3. The molecule has 0 fully saturated rings. The van der Waals surface area contributed by atoms with Crippen molar-refractivity contribution in [1.82, 2.24) is 0 Å². The molecule has 284 valence electrons. The first kappa shape index (κ1) is 42.6. The normalized spacial score (nSPS) is 12.6. The van der Waals surface area contributed by atoms with E-state index >= 15 is 0 Å². The summed E-state index contributed by atoms with van der Waals surface area (Å²) >= 11 is 0. The van der Waals surface area contributed by atoms with Crippen LogP contribution in [-0.2, 0) is 27.2 Å². The van der Waals surface area contributed by atoms with Gasteiger partial charge in [-0.1, -0.05) is 74.3 Å². The molecule has 0 saturated heterocycles. The number of aliphatic hydroxyl groups excluding tert-OH is 3. The van der Waals surface area contributed by atoms with Crippen molar-refractivity contribution in [3.05, 3.63) is 125 Å². The highest BCUT2D eigenvalue weighted by Crippen LogP contribution is 2.33. The first-order valence-electron chi connectivity index (χ1n) is 18.0. The second-order valence-corrected chi connectivity index (χ2v) is 13.6. The van der Waals surface area contributed by atoms with Crippen LogP contribution in [0.5, 0.6) is 17.2 Å². The molecule has 0 aliphatic rings. The lowest BCUT2D eigenvalue weighted by atomic mass is 9.96. The molecular weight excluding hydrogens is 672 g/mol. The summed E-state index contributed by atoms with van der Waals surface area (Å²) in [5, 5.41) is 31.8. The minimum absolute atomic E-state index is 0.00859. The molecule has 0 amide bonds. The van der Waals surface area contributed by atoms with Gasteiger partial charge in [0.25, 0.3) is 0 Å². The van der Waals surface area contributed by atoms with Gasteiger partial charge in [-0.15, -0.1) is 0 Å². The van der Waals surface area contributed by atoms with Gasteiger partial charge in [-0.25, -0.2) is 0 Å².